The number of carbonyl (C=O) groups is 2. The molecule has 5 nitrogen and oxygen atoms in total. The van der Waals surface area contributed by atoms with E-state index in [-0.39, 0.29) is 0 Å². The summed E-state index contributed by atoms with van der Waals surface area (Å²) in [4.78, 5) is 26.0. The van der Waals surface area contributed by atoms with Crippen LogP contribution in [0.25, 0.3) is 44.3 Å². The number of nitrogens with zero attached hydrogens (tertiary/aromatic N) is 1. The van der Waals surface area contributed by atoms with E-state index < -0.39 is 11.9 Å². The first-order valence-electron chi connectivity index (χ1n) is 17.2. The summed E-state index contributed by atoms with van der Waals surface area (Å²) in [7, 11) is 0. The van der Waals surface area contributed by atoms with Gasteiger partial charge in [0.05, 0.1) is 5.70 Å². The molecule has 5 heteroatoms. The molecule has 6 aromatic rings. The number of rotatable bonds is 9. The molecule has 0 spiro atoms. The van der Waals surface area contributed by atoms with Crippen molar-refractivity contribution in [2.24, 2.45) is 0 Å². The van der Waals surface area contributed by atoms with Crippen LogP contribution in [0.4, 0.5) is 11.4 Å². The number of allylic oxidation sites excluding steroid dienone is 3. The summed E-state index contributed by atoms with van der Waals surface area (Å²) in [5.74, 6) is 0.0321. The summed E-state index contributed by atoms with van der Waals surface area (Å²) in [6.45, 7) is 8.76. The average molecular weight is 678 g/mol. The van der Waals surface area contributed by atoms with Crippen LogP contribution in [-0.2, 0) is 16.0 Å². The van der Waals surface area contributed by atoms with Crippen molar-refractivity contribution >= 4 is 45.4 Å². The van der Waals surface area contributed by atoms with Gasteiger partial charge in [-0.05, 0) is 118 Å². The van der Waals surface area contributed by atoms with Gasteiger partial charge < -0.3 is 14.4 Å². The van der Waals surface area contributed by atoms with Crippen molar-refractivity contribution in [1.29, 1.82) is 0 Å². The fourth-order valence-corrected chi connectivity index (χ4v) is 7.04. The van der Waals surface area contributed by atoms with E-state index in [0.717, 1.165) is 58.2 Å². The first-order valence-corrected chi connectivity index (χ1v) is 17.2. The smallest absolute Gasteiger partial charge is 0.338 e. The highest BCUT2D eigenvalue weighted by atomic mass is 16.5. The van der Waals surface area contributed by atoms with Gasteiger partial charge >= 0.3 is 11.9 Å². The molecular formula is C47H35NO4. The zero-order valence-corrected chi connectivity index (χ0v) is 28.8. The Bertz CT molecular complexity index is 2450. The Hall–Kier alpha value is -6.72. The van der Waals surface area contributed by atoms with E-state index >= 15 is 0 Å². The number of esters is 2. The van der Waals surface area contributed by atoms with E-state index in [9.17, 15) is 9.59 Å². The lowest BCUT2D eigenvalue weighted by Crippen LogP contribution is -2.19. The number of carbonyl (C=O) groups excluding carboxylic acids is 2. The molecule has 0 radical (unpaired) electrons. The Morgan fingerprint density at radius 3 is 1.77 bits per heavy atom. The monoisotopic (exact) mass is 677 g/mol. The van der Waals surface area contributed by atoms with Crippen LogP contribution in [-0.4, -0.2) is 11.9 Å². The first-order chi connectivity index (χ1) is 25.4. The fraction of sp³-hybridized carbons (Fsp3) is 0.0638. The van der Waals surface area contributed by atoms with Crippen LogP contribution in [0.3, 0.4) is 0 Å². The molecule has 0 amide bonds. The second-order valence-electron chi connectivity index (χ2n) is 13.0. The van der Waals surface area contributed by atoms with Crippen molar-refractivity contribution < 1.29 is 19.1 Å². The molecule has 0 aromatic heterocycles. The summed E-state index contributed by atoms with van der Waals surface area (Å²) in [6.07, 6.45) is 7.70. The minimum absolute atomic E-state index is 0.356. The van der Waals surface area contributed by atoms with Gasteiger partial charge in [-0.25, -0.2) is 9.59 Å². The van der Waals surface area contributed by atoms with Crippen LogP contribution in [0.2, 0.25) is 0 Å². The van der Waals surface area contributed by atoms with E-state index in [0.29, 0.717) is 17.1 Å². The number of ether oxygens (including phenoxy) is 2. The molecule has 0 unspecified atom stereocenters. The molecule has 0 atom stereocenters. The van der Waals surface area contributed by atoms with Gasteiger partial charge in [0.25, 0.3) is 0 Å². The van der Waals surface area contributed by atoms with Gasteiger partial charge in [0.1, 0.15) is 11.5 Å². The minimum Gasteiger partial charge on any atom is -0.423 e. The van der Waals surface area contributed by atoms with Crippen molar-refractivity contribution in [2.75, 3.05) is 4.90 Å². The lowest BCUT2D eigenvalue weighted by Gasteiger charge is -2.34. The van der Waals surface area contributed by atoms with E-state index in [2.05, 4.69) is 109 Å². The van der Waals surface area contributed by atoms with Gasteiger partial charge in [0, 0.05) is 28.6 Å². The van der Waals surface area contributed by atoms with Crippen molar-refractivity contribution in [3.8, 4) is 33.8 Å². The molecule has 2 aliphatic carbocycles. The normalized spacial score (nSPS) is 12.7. The third-order valence-electron chi connectivity index (χ3n) is 9.62. The maximum absolute atomic E-state index is 12.0. The predicted molar refractivity (Wildman–Crippen MR) is 210 cm³/mol. The van der Waals surface area contributed by atoms with E-state index in [4.69, 9.17) is 9.47 Å². The van der Waals surface area contributed by atoms with Crippen LogP contribution in [0, 0.1) is 0 Å². The molecule has 0 fully saturated rings. The molecule has 0 aliphatic heterocycles. The molecule has 0 bridgehead atoms. The first kappa shape index (κ1) is 32.5. The molecule has 0 saturated heterocycles. The van der Waals surface area contributed by atoms with Crippen molar-refractivity contribution in [3.05, 3.63) is 181 Å². The van der Waals surface area contributed by atoms with Gasteiger partial charge in [-0.3, -0.25) is 0 Å². The molecule has 8 rings (SSSR count). The second-order valence-corrected chi connectivity index (χ2v) is 13.0. The number of hydrogen-bond acceptors (Lipinski definition) is 5. The molecule has 2 aliphatic rings. The largest absolute Gasteiger partial charge is 0.423 e. The van der Waals surface area contributed by atoms with Crippen molar-refractivity contribution in [3.63, 3.8) is 0 Å². The number of anilines is 2. The Morgan fingerprint density at radius 2 is 1.21 bits per heavy atom. The lowest BCUT2D eigenvalue weighted by molar-refractivity contribution is -0.130. The Balaban J connectivity index is 1.16. The molecule has 0 N–H and O–H groups in total. The van der Waals surface area contributed by atoms with Gasteiger partial charge in [-0.1, -0.05) is 104 Å². The Morgan fingerprint density at radius 1 is 0.654 bits per heavy atom. The topological polar surface area (TPSA) is 55.8 Å². The second kappa shape index (κ2) is 13.5. The molecule has 0 heterocycles. The summed E-state index contributed by atoms with van der Waals surface area (Å²) in [5, 5.41) is 2.63. The lowest BCUT2D eigenvalue weighted by atomic mass is 9.80. The molecule has 0 saturated carbocycles. The maximum atomic E-state index is 12.0. The van der Waals surface area contributed by atoms with Gasteiger partial charge in [-0.2, -0.15) is 0 Å². The number of benzene rings is 6. The van der Waals surface area contributed by atoms with Crippen LogP contribution >= 0.6 is 0 Å². The van der Waals surface area contributed by atoms with E-state index in [1.165, 1.54) is 33.0 Å². The Kier molecular flexibility index (Phi) is 8.46. The average Bonchev–Trinajstić information content (AvgIpc) is 3.18. The molecule has 252 valence electrons. The van der Waals surface area contributed by atoms with Crippen molar-refractivity contribution in [1.82, 2.24) is 0 Å². The standard InChI is InChI=1S/C47H35NO4/c1-4-44(49)51-40-24-14-33(15-25-40)31-10-20-38(21-11-31)48(39-22-12-32(13-23-39)34-16-26-41(27-17-34)52-47(50)30(2)3)43-29-19-37-9-8-35-6-5-7-36-18-28-42(43)46(37)45(35)36/h4-7,9-18,20-29H,1-2,8,19H2,3H3. The summed E-state index contributed by atoms with van der Waals surface area (Å²) < 4.78 is 10.7. The van der Waals surface area contributed by atoms with Crippen LogP contribution < -0.4 is 14.4 Å². The Labute approximate surface area is 303 Å². The van der Waals surface area contributed by atoms with Crippen LogP contribution in [0.15, 0.2) is 164 Å². The highest BCUT2D eigenvalue weighted by molar-refractivity contribution is 6.06. The quantitative estimate of drug-likeness (QED) is 0.0866. The van der Waals surface area contributed by atoms with Crippen molar-refractivity contribution in [2.45, 2.75) is 19.8 Å². The summed E-state index contributed by atoms with van der Waals surface area (Å²) in [5.41, 5.74) is 13.0. The molecular weight excluding hydrogens is 643 g/mol. The minimum atomic E-state index is -0.485. The molecule has 52 heavy (non-hydrogen) atoms. The van der Waals surface area contributed by atoms with Gasteiger partial charge in [0.15, 0.2) is 0 Å². The zero-order valence-electron chi connectivity index (χ0n) is 28.8. The van der Waals surface area contributed by atoms with Gasteiger partial charge in [0.2, 0.25) is 0 Å². The number of hydrogen-bond donors (Lipinski definition) is 0. The highest BCUT2D eigenvalue weighted by Gasteiger charge is 2.27. The molecule has 6 aromatic carbocycles. The fourth-order valence-electron chi connectivity index (χ4n) is 7.04. The van der Waals surface area contributed by atoms with Gasteiger partial charge in [-0.15, -0.1) is 0 Å². The maximum Gasteiger partial charge on any atom is 0.338 e. The third kappa shape index (κ3) is 6.14. The third-order valence-corrected chi connectivity index (χ3v) is 9.62. The van der Waals surface area contributed by atoms with E-state index in [1.54, 1.807) is 31.2 Å². The summed E-state index contributed by atoms with van der Waals surface area (Å²) in [6, 6.07) is 43.3. The predicted octanol–water partition coefficient (Wildman–Crippen LogP) is 11.3. The summed E-state index contributed by atoms with van der Waals surface area (Å²) >= 11 is 0. The van der Waals surface area contributed by atoms with Crippen LogP contribution in [0.5, 0.6) is 11.5 Å². The van der Waals surface area contributed by atoms with Crippen LogP contribution in [0.1, 0.15) is 30.0 Å². The zero-order chi connectivity index (χ0) is 35.8. The SMILES string of the molecule is C=CC(=O)Oc1ccc(-c2ccc(N(C3=CCC4=CCc5cccc6ccc3c4c56)c3ccc(-c4ccc(OC(=O)C(=C)C)cc4)cc3)cc2)cc1. The van der Waals surface area contributed by atoms with E-state index in [1.807, 2.05) is 24.3 Å². The highest BCUT2D eigenvalue weighted by Crippen LogP contribution is 2.47.